The lowest BCUT2D eigenvalue weighted by Crippen LogP contribution is -2.17. The minimum Gasteiger partial charge on any atom is -0.284 e. The Balaban J connectivity index is 1.88. The lowest BCUT2D eigenvalue weighted by Gasteiger charge is -2.09. The van der Waals surface area contributed by atoms with Crippen LogP contribution in [0.5, 0.6) is 0 Å². The van der Waals surface area contributed by atoms with Gasteiger partial charge in [-0.3, -0.25) is 9.36 Å². The summed E-state index contributed by atoms with van der Waals surface area (Å²) in [7, 11) is 0. The zero-order valence-corrected chi connectivity index (χ0v) is 12.3. The van der Waals surface area contributed by atoms with Crippen molar-refractivity contribution in [1.29, 1.82) is 0 Å². The summed E-state index contributed by atoms with van der Waals surface area (Å²) < 4.78 is 15.2. The fraction of sp³-hybridized carbons (Fsp3) is 0.211. The second kappa shape index (κ2) is 4.80. The molecule has 1 aromatic heterocycles. The maximum absolute atomic E-state index is 13.7. The van der Waals surface area contributed by atoms with E-state index in [-0.39, 0.29) is 11.4 Å². The summed E-state index contributed by atoms with van der Waals surface area (Å²) in [6.07, 6.45) is 4.21. The number of aromatic nitrogens is 1. The normalized spacial score (nSPS) is 14.5. The first-order chi connectivity index (χ1) is 10.6. The second-order valence-electron chi connectivity index (χ2n) is 6.05. The van der Waals surface area contributed by atoms with Gasteiger partial charge in [-0.1, -0.05) is 18.2 Å². The van der Waals surface area contributed by atoms with E-state index in [2.05, 4.69) is 6.07 Å². The Bertz CT molecular complexity index is 938. The van der Waals surface area contributed by atoms with Crippen molar-refractivity contribution < 1.29 is 4.39 Å². The van der Waals surface area contributed by atoms with E-state index in [1.165, 1.54) is 29.0 Å². The van der Waals surface area contributed by atoms with E-state index in [4.69, 9.17) is 0 Å². The molecule has 4 rings (SSSR count). The van der Waals surface area contributed by atoms with Crippen LogP contribution < -0.4 is 5.56 Å². The Hall–Kier alpha value is -2.42. The molecule has 0 aliphatic heterocycles. The van der Waals surface area contributed by atoms with Crippen LogP contribution in [0.15, 0.2) is 53.5 Å². The molecular formula is C19H16FNO. The molecule has 0 spiro atoms. The highest BCUT2D eigenvalue weighted by Gasteiger charge is 2.23. The van der Waals surface area contributed by atoms with Crippen LogP contribution >= 0.6 is 0 Å². The highest BCUT2D eigenvalue weighted by molar-refractivity contribution is 5.82. The number of hydrogen-bond acceptors (Lipinski definition) is 1. The molecule has 0 amide bonds. The molecule has 0 N–H and O–H groups in total. The predicted octanol–water partition coefficient (Wildman–Crippen LogP) is 4.32. The number of rotatable bonds is 2. The number of halogens is 1. The largest absolute Gasteiger partial charge is 0.284 e. The lowest BCUT2D eigenvalue weighted by atomic mass is 10.1. The molecule has 0 atom stereocenters. The van der Waals surface area contributed by atoms with Gasteiger partial charge in [0, 0.05) is 11.6 Å². The van der Waals surface area contributed by atoms with E-state index in [1.807, 2.05) is 18.2 Å². The maximum atomic E-state index is 13.7. The van der Waals surface area contributed by atoms with Crippen LogP contribution in [-0.2, 0) is 0 Å². The summed E-state index contributed by atoms with van der Waals surface area (Å²) in [6, 6.07) is 12.8. The first-order valence-corrected chi connectivity index (χ1v) is 7.55. The molecule has 2 nitrogen and oxygen atoms in total. The highest BCUT2D eigenvalue weighted by Crippen LogP contribution is 2.40. The highest BCUT2D eigenvalue weighted by atomic mass is 19.1. The lowest BCUT2D eigenvalue weighted by molar-refractivity contribution is 0.617. The molecule has 1 fully saturated rings. The van der Waals surface area contributed by atoms with Crippen LogP contribution in [-0.4, -0.2) is 4.57 Å². The number of nitrogens with zero attached hydrogens (tertiary/aromatic N) is 1. The Morgan fingerprint density at radius 2 is 1.91 bits per heavy atom. The van der Waals surface area contributed by atoms with Crippen molar-refractivity contribution in [3.05, 3.63) is 76.0 Å². The van der Waals surface area contributed by atoms with Crippen LogP contribution in [0, 0.1) is 12.7 Å². The van der Waals surface area contributed by atoms with E-state index in [1.54, 1.807) is 25.3 Å². The van der Waals surface area contributed by atoms with Crippen molar-refractivity contribution in [3.8, 4) is 5.69 Å². The summed E-state index contributed by atoms with van der Waals surface area (Å²) in [6.45, 7) is 1.71. The Morgan fingerprint density at radius 3 is 2.64 bits per heavy atom. The molecule has 0 saturated heterocycles. The minimum atomic E-state index is -0.298. The Kier molecular flexibility index (Phi) is 2.89. The molecule has 110 valence electrons. The Morgan fingerprint density at radius 1 is 1.09 bits per heavy atom. The fourth-order valence-electron chi connectivity index (χ4n) is 2.87. The third-order valence-electron chi connectivity index (χ3n) is 4.41. The van der Waals surface area contributed by atoms with Gasteiger partial charge in [0.25, 0.3) is 5.56 Å². The molecule has 1 saturated carbocycles. The molecule has 22 heavy (non-hydrogen) atoms. The molecular weight excluding hydrogens is 277 g/mol. The van der Waals surface area contributed by atoms with Crippen molar-refractivity contribution in [2.24, 2.45) is 0 Å². The van der Waals surface area contributed by atoms with Gasteiger partial charge in [0.2, 0.25) is 0 Å². The van der Waals surface area contributed by atoms with Crippen molar-refractivity contribution in [2.75, 3.05) is 0 Å². The molecule has 0 radical (unpaired) electrons. The number of pyridine rings is 1. The molecule has 1 aliphatic rings. The van der Waals surface area contributed by atoms with E-state index in [0.29, 0.717) is 22.6 Å². The van der Waals surface area contributed by atoms with Gasteiger partial charge >= 0.3 is 0 Å². The molecule has 1 aliphatic carbocycles. The van der Waals surface area contributed by atoms with Crippen molar-refractivity contribution in [3.63, 3.8) is 0 Å². The molecule has 0 bridgehead atoms. The number of fused-ring (bicyclic) bond motifs is 1. The summed E-state index contributed by atoms with van der Waals surface area (Å²) in [4.78, 5) is 12.7. The number of hydrogen-bond donors (Lipinski definition) is 0. The van der Waals surface area contributed by atoms with E-state index < -0.39 is 0 Å². The van der Waals surface area contributed by atoms with Gasteiger partial charge in [0.05, 0.1) is 5.69 Å². The van der Waals surface area contributed by atoms with Gasteiger partial charge in [0.1, 0.15) is 5.82 Å². The summed E-state index contributed by atoms with van der Waals surface area (Å²) in [5, 5.41) is 1.63. The zero-order chi connectivity index (χ0) is 15.3. The van der Waals surface area contributed by atoms with Crippen molar-refractivity contribution in [2.45, 2.75) is 25.7 Å². The fourth-order valence-corrected chi connectivity index (χ4v) is 2.87. The van der Waals surface area contributed by atoms with Crippen molar-refractivity contribution in [1.82, 2.24) is 4.57 Å². The first kappa shape index (κ1) is 13.3. The van der Waals surface area contributed by atoms with Gasteiger partial charge in [0.15, 0.2) is 0 Å². The van der Waals surface area contributed by atoms with Crippen molar-refractivity contribution >= 4 is 10.8 Å². The summed E-state index contributed by atoms with van der Waals surface area (Å²) in [5.74, 6) is 0.367. The number of benzene rings is 2. The zero-order valence-electron chi connectivity index (χ0n) is 12.3. The standard InChI is InChI=1S/C19H16FNO/c1-12-2-6-16(11-18(12)20)21-9-8-15-10-14(13-3-4-13)5-7-17(15)19(21)22/h2,5-11,13H,3-4H2,1H3. The third kappa shape index (κ3) is 2.13. The number of aryl methyl sites for hydroxylation is 1. The van der Waals surface area contributed by atoms with Gasteiger partial charge < -0.3 is 0 Å². The molecule has 2 aromatic carbocycles. The van der Waals surface area contributed by atoms with Gasteiger partial charge in [-0.15, -0.1) is 0 Å². The van der Waals surface area contributed by atoms with Gasteiger partial charge in [-0.05, 0) is 66.5 Å². The molecule has 3 heteroatoms. The third-order valence-corrected chi connectivity index (χ3v) is 4.41. The van der Waals surface area contributed by atoms with Gasteiger partial charge in [-0.2, -0.15) is 0 Å². The quantitative estimate of drug-likeness (QED) is 0.690. The summed E-state index contributed by atoms with van der Waals surface area (Å²) >= 11 is 0. The second-order valence-corrected chi connectivity index (χ2v) is 6.05. The van der Waals surface area contributed by atoms with E-state index in [0.717, 1.165) is 5.39 Å². The minimum absolute atomic E-state index is 0.108. The average molecular weight is 293 g/mol. The average Bonchev–Trinajstić information content (AvgIpc) is 3.35. The van der Waals surface area contributed by atoms with Crippen LogP contribution in [0.4, 0.5) is 4.39 Å². The van der Waals surface area contributed by atoms with Crippen LogP contribution in [0.2, 0.25) is 0 Å². The molecule has 0 unspecified atom stereocenters. The molecule has 3 aromatic rings. The smallest absolute Gasteiger partial charge is 0.262 e. The van der Waals surface area contributed by atoms with Gasteiger partial charge in [-0.25, -0.2) is 4.39 Å². The monoisotopic (exact) mass is 293 g/mol. The van der Waals surface area contributed by atoms with Crippen LogP contribution in [0.25, 0.3) is 16.5 Å². The SMILES string of the molecule is Cc1ccc(-n2ccc3cc(C4CC4)ccc3c2=O)cc1F. The Labute approximate surface area is 127 Å². The van der Waals surface area contributed by atoms with Crippen LogP contribution in [0.1, 0.15) is 29.9 Å². The first-order valence-electron chi connectivity index (χ1n) is 7.55. The maximum Gasteiger partial charge on any atom is 0.262 e. The molecule has 1 heterocycles. The van der Waals surface area contributed by atoms with E-state index in [9.17, 15) is 9.18 Å². The topological polar surface area (TPSA) is 22.0 Å². The summed E-state index contributed by atoms with van der Waals surface area (Å²) in [5.41, 5.74) is 2.34. The predicted molar refractivity (Wildman–Crippen MR) is 86.2 cm³/mol. The van der Waals surface area contributed by atoms with E-state index >= 15 is 0 Å². The van der Waals surface area contributed by atoms with Crippen LogP contribution in [0.3, 0.4) is 0 Å².